The van der Waals surface area contributed by atoms with E-state index < -0.39 is 0 Å². The van der Waals surface area contributed by atoms with E-state index in [1.165, 1.54) is 0 Å². The summed E-state index contributed by atoms with van der Waals surface area (Å²) in [7, 11) is 1.83. The molecule has 1 amide bonds. The first-order valence-corrected chi connectivity index (χ1v) is 6.38. The van der Waals surface area contributed by atoms with Crippen molar-refractivity contribution in [2.45, 2.75) is 27.3 Å². The van der Waals surface area contributed by atoms with E-state index in [9.17, 15) is 4.79 Å². The van der Waals surface area contributed by atoms with Crippen LogP contribution in [-0.2, 0) is 11.3 Å². The summed E-state index contributed by atoms with van der Waals surface area (Å²) in [5.74, 6) is 5.93. The predicted molar refractivity (Wildman–Crippen MR) is 78.3 cm³/mol. The first-order chi connectivity index (χ1) is 8.84. The molecule has 1 aromatic rings. The number of carbonyl (C=O) groups excluding carboxylic acids is 1. The van der Waals surface area contributed by atoms with Gasteiger partial charge in [0.15, 0.2) is 0 Å². The predicted octanol–water partition coefficient (Wildman–Crippen LogP) is 2.00. The lowest BCUT2D eigenvalue weighted by molar-refractivity contribution is -0.138. The van der Waals surface area contributed by atoms with Gasteiger partial charge in [-0.1, -0.05) is 44.7 Å². The fourth-order valence-electron chi connectivity index (χ4n) is 1.76. The third-order valence-electron chi connectivity index (χ3n) is 2.70. The molecule has 0 aromatic heterocycles. The summed E-state index contributed by atoms with van der Waals surface area (Å²) in [6.45, 7) is 6.76. The van der Waals surface area contributed by atoms with Gasteiger partial charge in [0, 0.05) is 24.6 Å². The fraction of sp³-hybridized carbons (Fsp3) is 0.438. The highest BCUT2D eigenvalue weighted by molar-refractivity contribution is 5.81. The molecule has 0 spiro atoms. The van der Waals surface area contributed by atoms with E-state index in [0.717, 1.165) is 11.1 Å². The summed E-state index contributed by atoms with van der Waals surface area (Å²) in [6.07, 6.45) is 0. The average Bonchev–Trinajstić information content (AvgIpc) is 2.36. The van der Waals surface area contributed by atoms with E-state index in [1.54, 1.807) is 4.90 Å². The molecule has 0 radical (unpaired) electrons. The lowest BCUT2D eigenvalue weighted by Gasteiger charge is -2.26. The molecule has 1 rings (SSSR count). The van der Waals surface area contributed by atoms with Crippen molar-refractivity contribution < 1.29 is 4.79 Å². The zero-order chi connectivity index (χ0) is 14.5. The highest BCUT2D eigenvalue weighted by Crippen LogP contribution is 2.18. The molecule has 3 nitrogen and oxygen atoms in total. The maximum Gasteiger partial charge on any atom is 0.227 e. The number of rotatable bonds is 2. The third kappa shape index (κ3) is 4.76. The fourth-order valence-corrected chi connectivity index (χ4v) is 1.76. The Labute approximate surface area is 115 Å². The molecule has 0 bridgehead atoms. The van der Waals surface area contributed by atoms with Gasteiger partial charge in [-0.25, -0.2) is 0 Å². The summed E-state index contributed by atoms with van der Waals surface area (Å²) >= 11 is 0. The topological polar surface area (TPSA) is 46.3 Å². The number of hydrogen-bond acceptors (Lipinski definition) is 2. The number of benzene rings is 1. The molecule has 19 heavy (non-hydrogen) atoms. The molecule has 0 aliphatic heterocycles. The second-order valence-corrected chi connectivity index (χ2v) is 5.61. The normalized spacial score (nSPS) is 10.6. The number of amides is 1. The van der Waals surface area contributed by atoms with Crippen LogP contribution < -0.4 is 5.73 Å². The molecule has 3 heteroatoms. The average molecular weight is 258 g/mol. The van der Waals surface area contributed by atoms with Crippen LogP contribution >= 0.6 is 0 Å². The minimum atomic E-state index is -0.346. The minimum absolute atomic E-state index is 0.138. The van der Waals surface area contributed by atoms with E-state index in [2.05, 4.69) is 11.8 Å². The maximum absolute atomic E-state index is 12.1. The van der Waals surface area contributed by atoms with Crippen molar-refractivity contribution in [2.24, 2.45) is 11.1 Å². The second kappa shape index (κ2) is 6.40. The van der Waals surface area contributed by atoms with Gasteiger partial charge in [0.2, 0.25) is 5.91 Å². The van der Waals surface area contributed by atoms with Gasteiger partial charge in [-0.2, -0.15) is 0 Å². The quantitative estimate of drug-likeness (QED) is 0.825. The van der Waals surface area contributed by atoms with Crippen molar-refractivity contribution in [3.05, 3.63) is 35.4 Å². The van der Waals surface area contributed by atoms with Crippen LogP contribution in [0, 0.1) is 17.3 Å². The molecule has 0 atom stereocenters. The lowest BCUT2D eigenvalue weighted by Crippen LogP contribution is -2.36. The minimum Gasteiger partial charge on any atom is -0.341 e. The Hall–Kier alpha value is -1.79. The molecule has 0 unspecified atom stereocenters. The van der Waals surface area contributed by atoms with Crippen LogP contribution in [0.1, 0.15) is 31.9 Å². The lowest BCUT2D eigenvalue weighted by atomic mass is 9.95. The summed E-state index contributed by atoms with van der Waals surface area (Å²) < 4.78 is 0. The first-order valence-electron chi connectivity index (χ1n) is 6.38. The van der Waals surface area contributed by atoms with Crippen LogP contribution in [0.25, 0.3) is 0 Å². The van der Waals surface area contributed by atoms with Crippen molar-refractivity contribution in [3.8, 4) is 11.8 Å². The Kier molecular flexibility index (Phi) is 5.14. The van der Waals surface area contributed by atoms with E-state index in [0.29, 0.717) is 13.1 Å². The zero-order valence-electron chi connectivity index (χ0n) is 12.2. The molecule has 102 valence electrons. The van der Waals surface area contributed by atoms with Gasteiger partial charge in [0.1, 0.15) is 0 Å². The van der Waals surface area contributed by atoms with Crippen LogP contribution in [0.5, 0.6) is 0 Å². The molecular formula is C16H22N2O. The van der Waals surface area contributed by atoms with Gasteiger partial charge in [0.25, 0.3) is 0 Å². The number of nitrogens with two attached hydrogens (primary N) is 1. The van der Waals surface area contributed by atoms with Crippen molar-refractivity contribution >= 4 is 5.91 Å². The number of nitrogens with zero attached hydrogens (tertiary/aromatic N) is 1. The van der Waals surface area contributed by atoms with E-state index in [4.69, 9.17) is 5.73 Å². The highest BCUT2D eigenvalue weighted by Gasteiger charge is 2.24. The Morgan fingerprint density at radius 2 is 1.84 bits per heavy atom. The standard InChI is InChI=1S/C16H22N2O/c1-16(2,3)15(19)18(4)12-14-9-7-13(8-10-14)6-5-11-17/h7-10H,11-12,17H2,1-4H3. The summed E-state index contributed by atoms with van der Waals surface area (Å²) in [5.41, 5.74) is 7.02. The van der Waals surface area contributed by atoms with E-state index in [-0.39, 0.29) is 11.3 Å². The molecule has 0 aliphatic rings. The number of carbonyl (C=O) groups is 1. The molecule has 2 N–H and O–H groups in total. The van der Waals surface area contributed by atoms with Gasteiger partial charge >= 0.3 is 0 Å². The van der Waals surface area contributed by atoms with E-state index >= 15 is 0 Å². The molecule has 0 aliphatic carbocycles. The van der Waals surface area contributed by atoms with Crippen LogP contribution in [0.3, 0.4) is 0 Å². The molecule has 0 fully saturated rings. The Balaban J connectivity index is 2.70. The largest absolute Gasteiger partial charge is 0.341 e. The highest BCUT2D eigenvalue weighted by atomic mass is 16.2. The van der Waals surface area contributed by atoms with Crippen molar-refractivity contribution in [1.82, 2.24) is 4.90 Å². The number of hydrogen-bond donors (Lipinski definition) is 1. The maximum atomic E-state index is 12.1. The van der Waals surface area contributed by atoms with Gasteiger partial charge in [-0.15, -0.1) is 0 Å². The summed E-state index contributed by atoms with van der Waals surface area (Å²) in [5, 5.41) is 0. The van der Waals surface area contributed by atoms with Gasteiger partial charge < -0.3 is 10.6 Å². The Morgan fingerprint density at radius 3 is 2.32 bits per heavy atom. The molecule has 0 saturated heterocycles. The molecule has 1 aromatic carbocycles. The molecule has 0 saturated carbocycles. The smallest absolute Gasteiger partial charge is 0.227 e. The molecule has 0 heterocycles. The van der Waals surface area contributed by atoms with Gasteiger partial charge in [-0.05, 0) is 17.7 Å². The van der Waals surface area contributed by atoms with Crippen molar-refractivity contribution in [1.29, 1.82) is 0 Å². The van der Waals surface area contributed by atoms with Gasteiger partial charge in [-0.3, -0.25) is 4.79 Å². The van der Waals surface area contributed by atoms with Crippen LogP contribution in [-0.4, -0.2) is 24.4 Å². The van der Waals surface area contributed by atoms with Crippen LogP contribution in [0.2, 0.25) is 0 Å². The zero-order valence-corrected chi connectivity index (χ0v) is 12.2. The van der Waals surface area contributed by atoms with Crippen LogP contribution in [0.15, 0.2) is 24.3 Å². The summed E-state index contributed by atoms with van der Waals surface area (Å²) in [6, 6.07) is 7.89. The van der Waals surface area contributed by atoms with Gasteiger partial charge in [0.05, 0.1) is 6.54 Å². The Bertz CT molecular complexity index is 486. The Morgan fingerprint density at radius 1 is 1.26 bits per heavy atom. The van der Waals surface area contributed by atoms with Crippen molar-refractivity contribution in [3.63, 3.8) is 0 Å². The second-order valence-electron chi connectivity index (χ2n) is 5.61. The third-order valence-corrected chi connectivity index (χ3v) is 2.70. The first kappa shape index (κ1) is 15.3. The van der Waals surface area contributed by atoms with Crippen molar-refractivity contribution in [2.75, 3.05) is 13.6 Å². The summed E-state index contributed by atoms with van der Waals surface area (Å²) in [4.78, 5) is 13.8. The molecular weight excluding hydrogens is 236 g/mol. The monoisotopic (exact) mass is 258 g/mol. The van der Waals surface area contributed by atoms with E-state index in [1.807, 2.05) is 52.1 Å². The van der Waals surface area contributed by atoms with Crippen LogP contribution in [0.4, 0.5) is 0 Å². The SMILES string of the molecule is CN(Cc1ccc(C#CCN)cc1)C(=O)C(C)(C)C.